The van der Waals surface area contributed by atoms with E-state index in [1.807, 2.05) is 57.2 Å². The third kappa shape index (κ3) is 4.00. The Balaban J connectivity index is 1.66. The number of rotatable bonds is 5. The van der Waals surface area contributed by atoms with Gasteiger partial charge in [0.2, 0.25) is 0 Å². The van der Waals surface area contributed by atoms with Crippen LogP contribution in [0.2, 0.25) is 0 Å². The van der Waals surface area contributed by atoms with Crippen LogP contribution in [0.25, 0.3) is 5.69 Å². The second kappa shape index (κ2) is 7.12. The lowest BCUT2D eigenvalue weighted by Crippen LogP contribution is -2.20. The summed E-state index contributed by atoms with van der Waals surface area (Å²) < 4.78 is 7.16. The largest absolute Gasteiger partial charge is 0.483 e. The fraction of sp³-hybridized carbons (Fsp3) is 0.222. The quantitative estimate of drug-likeness (QED) is 0.774. The van der Waals surface area contributed by atoms with Crippen LogP contribution in [0, 0.1) is 20.8 Å². The van der Waals surface area contributed by atoms with Crippen LogP contribution in [0.5, 0.6) is 5.75 Å². The second-order valence-corrected chi connectivity index (χ2v) is 5.86. The van der Waals surface area contributed by atoms with Crippen LogP contribution in [-0.2, 0) is 4.79 Å². The molecule has 0 aliphatic rings. The third-order valence-corrected chi connectivity index (χ3v) is 3.78. The maximum atomic E-state index is 12.2. The van der Waals surface area contributed by atoms with Crippen molar-refractivity contribution >= 4 is 11.6 Å². The monoisotopic (exact) mass is 337 g/mol. The van der Waals surface area contributed by atoms with Gasteiger partial charge in [-0.25, -0.2) is 4.68 Å². The number of anilines is 1. The van der Waals surface area contributed by atoms with Crippen molar-refractivity contribution in [2.24, 2.45) is 0 Å². The van der Waals surface area contributed by atoms with Crippen molar-refractivity contribution in [1.82, 2.24) is 20.2 Å². The van der Waals surface area contributed by atoms with Gasteiger partial charge in [-0.2, -0.15) is 0 Å². The highest BCUT2D eigenvalue weighted by atomic mass is 16.5. The van der Waals surface area contributed by atoms with E-state index in [1.54, 1.807) is 4.68 Å². The van der Waals surface area contributed by atoms with Crippen molar-refractivity contribution in [2.45, 2.75) is 20.8 Å². The average Bonchev–Trinajstić information content (AvgIpc) is 3.10. The number of nitrogens with one attached hydrogen (secondary N) is 1. The van der Waals surface area contributed by atoms with E-state index in [0.717, 1.165) is 22.4 Å². The number of aromatic nitrogens is 4. The first kappa shape index (κ1) is 16.6. The molecule has 128 valence electrons. The molecule has 1 heterocycles. The molecule has 1 N–H and O–H groups in total. The van der Waals surface area contributed by atoms with Gasteiger partial charge in [0, 0.05) is 5.69 Å². The molecular weight excluding hydrogens is 318 g/mol. The van der Waals surface area contributed by atoms with Crippen molar-refractivity contribution in [3.63, 3.8) is 0 Å². The van der Waals surface area contributed by atoms with E-state index in [4.69, 9.17) is 4.74 Å². The van der Waals surface area contributed by atoms with Crippen LogP contribution in [0.1, 0.15) is 16.7 Å². The Morgan fingerprint density at radius 3 is 2.68 bits per heavy atom. The van der Waals surface area contributed by atoms with Crippen molar-refractivity contribution in [3.05, 3.63) is 59.4 Å². The van der Waals surface area contributed by atoms with Crippen LogP contribution in [0.4, 0.5) is 5.69 Å². The van der Waals surface area contributed by atoms with Crippen LogP contribution in [-0.4, -0.2) is 32.7 Å². The molecule has 0 unspecified atom stereocenters. The minimum absolute atomic E-state index is 0.0575. The highest BCUT2D eigenvalue weighted by Gasteiger charge is 2.09. The molecule has 0 atom stereocenters. The van der Waals surface area contributed by atoms with Crippen LogP contribution < -0.4 is 10.1 Å². The molecule has 3 rings (SSSR count). The van der Waals surface area contributed by atoms with Crippen LogP contribution >= 0.6 is 0 Å². The molecule has 0 saturated heterocycles. The maximum absolute atomic E-state index is 12.2. The predicted octanol–water partition coefficient (Wildman–Crippen LogP) is 2.61. The van der Waals surface area contributed by atoms with Crippen molar-refractivity contribution in [3.8, 4) is 11.4 Å². The molecule has 1 aromatic heterocycles. The smallest absolute Gasteiger partial charge is 0.262 e. The van der Waals surface area contributed by atoms with Gasteiger partial charge in [0.1, 0.15) is 12.1 Å². The van der Waals surface area contributed by atoms with Crippen molar-refractivity contribution in [2.75, 3.05) is 11.9 Å². The summed E-state index contributed by atoms with van der Waals surface area (Å²) in [6.07, 6.45) is 1.51. The summed E-state index contributed by atoms with van der Waals surface area (Å²) in [6, 6.07) is 11.4. The summed E-state index contributed by atoms with van der Waals surface area (Å²) in [6.45, 7) is 5.87. The minimum Gasteiger partial charge on any atom is -0.483 e. The molecule has 2 aromatic carbocycles. The van der Waals surface area contributed by atoms with E-state index in [2.05, 4.69) is 20.8 Å². The van der Waals surface area contributed by atoms with Gasteiger partial charge in [-0.05, 0) is 60.5 Å². The number of nitrogens with zero attached hydrogens (tertiary/aromatic N) is 4. The predicted molar refractivity (Wildman–Crippen MR) is 93.9 cm³/mol. The van der Waals surface area contributed by atoms with Gasteiger partial charge < -0.3 is 10.1 Å². The minimum atomic E-state index is -0.230. The molecular formula is C18H19N5O2. The van der Waals surface area contributed by atoms with E-state index in [0.29, 0.717) is 11.4 Å². The summed E-state index contributed by atoms with van der Waals surface area (Å²) in [5.41, 5.74) is 4.62. The molecule has 0 aliphatic carbocycles. The molecule has 7 heteroatoms. The fourth-order valence-electron chi connectivity index (χ4n) is 2.51. The van der Waals surface area contributed by atoms with E-state index in [9.17, 15) is 4.79 Å². The topological polar surface area (TPSA) is 81.9 Å². The average molecular weight is 337 g/mol. The van der Waals surface area contributed by atoms with E-state index < -0.39 is 0 Å². The zero-order chi connectivity index (χ0) is 17.8. The third-order valence-electron chi connectivity index (χ3n) is 3.78. The zero-order valence-corrected chi connectivity index (χ0v) is 14.4. The normalized spacial score (nSPS) is 10.5. The SMILES string of the molecule is Cc1ccc(OCC(=O)Nc2ccc(C)c(-n3cnnn3)c2)c(C)c1. The summed E-state index contributed by atoms with van der Waals surface area (Å²) in [4.78, 5) is 12.2. The van der Waals surface area contributed by atoms with Gasteiger partial charge in [-0.15, -0.1) is 5.10 Å². The number of hydrogen-bond donors (Lipinski definition) is 1. The molecule has 0 spiro atoms. The molecule has 0 saturated carbocycles. The van der Waals surface area contributed by atoms with Gasteiger partial charge in [-0.1, -0.05) is 23.8 Å². The lowest BCUT2D eigenvalue weighted by Gasteiger charge is -2.11. The molecule has 1 amide bonds. The Morgan fingerprint density at radius 2 is 1.96 bits per heavy atom. The Kier molecular flexibility index (Phi) is 4.74. The van der Waals surface area contributed by atoms with Gasteiger partial charge in [0.25, 0.3) is 5.91 Å². The van der Waals surface area contributed by atoms with Gasteiger partial charge in [0.05, 0.1) is 5.69 Å². The Labute approximate surface area is 145 Å². The number of carbonyl (C=O) groups excluding carboxylic acids is 1. The van der Waals surface area contributed by atoms with E-state index in [-0.39, 0.29) is 12.5 Å². The Hall–Kier alpha value is -3.22. The summed E-state index contributed by atoms with van der Waals surface area (Å²) >= 11 is 0. The van der Waals surface area contributed by atoms with Crippen LogP contribution in [0.15, 0.2) is 42.7 Å². The zero-order valence-electron chi connectivity index (χ0n) is 14.4. The van der Waals surface area contributed by atoms with Gasteiger partial charge in [0.15, 0.2) is 6.61 Å². The first-order chi connectivity index (χ1) is 12.0. The van der Waals surface area contributed by atoms with E-state index >= 15 is 0 Å². The van der Waals surface area contributed by atoms with Crippen molar-refractivity contribution < 1.29 is 9.53 Å². The number of benzene rings is 2. The number of tetrazole rings is 1. The Morgan fingerprint density at radius 1 is 1.12 bits per heavy atom. The first-order valence-electron chi connectivity index (χ1n) is 7.87. The molecule has 0 bridgehead atoms. The number of carbonyl (C=O) groups is 1. The number of hydrogen-bond acceptors (Lipinski definition) is 5. The molecule has 3 aromatic rings. The van der Waals surface area contributed by atoms with Crippen LogP contribution in [0.3, 0.4) is 0 Å². The molecule has 7 nitrogen and oxygen atoms in total. The van der Waals surface area contributed by atoms with E-state index in [1.165, 1.54) is 6.33 Å². The summed E-state index contributed by atoms with van der Waals surface area (Å²) in [5, 5.41) is 14.0. The first-order valence-corrected chi connectivity index (χ1v) is 7.87. The summed E-state index contributed by atoms with van der Waals surface area (Å²) in [7, 11) is 0. The number of ether oxygens (including phenoxy) is 1. The van der Waals surface area contributed by atoms with Gasteiger partial charge in [-0.3, -0.25) is 4.79 Å². The molecule has 25 heavy (non-hydrogen) atoms. The molecule has 0 aliphatic heterocycles. The lowest BCUT2D eigenvalue weighted by atomic mass is 10.1. The van der Waals surface area contributed by atoms with Gasteiger partial charge >= 0.3 is 0 Å². The lowest BCUT2D eigenvalue weighted by molar-refractivity contribution is -0.118. The maximum Gasteiger partial charge on any atom is 0.262 e. The standard InChI is InChI=1S/C18H19N5O2/c1-12-4-7-17(14(3)8-12)25-10-18(24)20-15-6-5-13(2)16(9-15)23-11-19-21-22-23/h4-9,11H,10H2,1-3H3,(H,20,24). The molecule has 0 fully saturated rings. The highest BCUT2D eigenvalue weighted by molar-refractivity contribution is 5.92. The highest BCUT2D eigenvalue weighted by Crippen LogP contribution is 2.20. The second-order valence-electron chi connectivity index (χ2n) is 5.86. The number of amides is 1. The summed E-state index contributed by atoms with van der Waals surface area (Å²) in [5.74, 6) is 0.477. The fourth-order valence-corrected chi connectivity index (χ4v) is 2.51. The van der Waals surface area contributed by atoms with Crippen molar-refractivity contribution in [1.29, 1.82) is 0 Å². The molecule has 0 radical (unpaired) electrons. The Bertz CT molecular complexity index is 890. The number of aryl methyl sites for hydroxylation is 3.